The lowest BCUT2D eigenvalue weighted by Gasteiger charge is -2.26. The number of hydrogen-bond donors (Lipinski definition) is 0. The van der Waals surface area contributed by atoms with Gasteiger partial charge in [-0.25, -0.2) is 0 Å². The topological polar surface area (TPSA) is 46.6 Å². The van der Waals surface area contributed by atoms with Crippen LogP contribution < -0.4 is 4.90 Å². The van der Waals surface area contributed by atoms with Crippen molar-refractivity contribution in [2.24, 2.45) is 0 Å². The number of ketones is 1. The molecule has 4 nitrogen and oxygen atoms in total. The number of carbonyl (C=O) groups excluding carboxylic acids is 2. The van der Waals surface area contributed by atoms with E-state index in [1.807, 2.05) is 6.92 Å². The molecule has 3 rings (SSSR count). The Morgan fingerprint density at radius 3 is 1.73 bits per heavy atom. The van der Waals surface area contributed by atoms with Crippen molar-refractivity contribution in [1.82, 2.24) is 0 Å². The molecule has 0 N–H and O–H groups in total. The monoisotopic (exact) mass is 443 g/mol. The molecule has 4 heteroatoms. The van der Waals surface area contributed by atoms with Crippen LogP contribution in [0.25, 0.3) is 0 Å². The summed E-state index contributed by atoms with van der Waals surface area (Å²) in [6.07, 6.45) is 2.37. The van der Waals surface area contributed by atoms with Crippen LogP contribution in [-0.4, -0.2) is 18.4 Å². The smallest absolute Gasteiger partial charge is 0.306 e. The minimum atomic E-state index is -0.164. The van der Waals surface area contributed by atoms with E-state index in [0.717, 1.165) is 34.6 Å². The summed E-state index contributed by atoms with van der Waals surface area (Å²) in [5.74, 6) is 0.0436. The predicted octanol–water partition coefficient (Wildman–Crippen LogP) is 6.79. The van der Waals surface area contributed by atoms with E-state index in [2.05, 4.69) is 85.5 Å². The highest BCUT2D eigenvalue weighted by atomic mass is 16.5. The fourth-order valence-electron chi connectivity index (χ4n) is 3.74. The van der Waals surface area contributed by atoms with Crippen molar-refractivity contribution in [2.75, 3.05) is 11.5 Å². The highest BCUT2D eigenvalue weighted by Gasteiger charge is 2.14. The fraction of sp³-hybridized carbons (Fsp3) is 0.310. The number of esters is 1. The Labute approximate surface area is 197 Å². The van der Waals surface area contributed by atoms with Crippen LogP contribution in [0.4, 0.5) is 17.1 Å². The molecule has 0 saturated carbocycles. The minimum Gasteiger partial charge on any atom is -0.466 e. The average molecular weight is 444 g/mol. The zero-order valence-electron chi connectivity index (χ0n) is 20.1. The van der Waals surface area contributed by atoms with Crippen LogP contribution in [0.3, 0.4) is 0 Å². The van der Waals surface area contributed by atoms with Crippen LogP contribution in [0.5, 0.6) is 0 Å². The summed E-state index contributed by atoms with van der Waals surface area (Å²) in [6.45, 7) is 8.11. The Morgan fingerprint density at radius 1 is 0.727 bits per heavy atom. The summed E-state index contributed by atoms with van der Waals surface area (Å²) in [5.41, 5.74) is 7.96. The first-order valence-electron chi connectivity index (χ1n) is 11.6. The molecule has 0 aliphatic rings. The molecule has 0 bridgehead atoms. The van der Waals surface area contributed by atoms with Gasteiger partial charge in [-0.3, -0.25) is 4.79 Å². The molecule has 172 valence electrons. The van der Waals surface area contributed by atoms with Crippen LogP contribution in [-0.2, 0) is 27.2 Å². The van der Waals surface area contributed by atoms with Gasteiger partial charge < -0.3 is 14.4 Å². The van der Waals surface area contributed by atoms with E-state index in [1.165, 1.54) is 11.1 Å². The Bertz CT molecular complexity index is 1080. The molecule has 0 aliphatic heterocycles. The van der Waals surface area contributed by atoms with E-state index in [4.69, 9.17) is 4.74 Å². The van der Waals surface area contributed by atoms with Gasteiger partial charge in [0.1, 0.15) is 5.78 Å². The Morgan fingerprint density at radius 2 is 1.24 bits per heavy atom. The maximum Gasteiger partial charge on any atom is 0.306 e. The van der Waals surface area contributed by atoms with Gasteiger partial charge in [0, 0.05) is 29.9 Å². The van der Waals surface area contributed by atoms with Crippen LogP contribution in [0.2, 0.25) is 0 Å². The molecule has 3 aromatic carbocycles. The maximum absolute atomic E-state index is 11.7. The molecule has 0 amide bonds. The lowest BCUT2D eigenvalue weighted by molar-refractivity contribution is -0.143. The van der Waals surface area contributed by atoms with Crippen LogP contribution >= 0.6 is 0 Å². The predicted molar refractivity (Wildman–Crippen MR) is 135 cm³/mol. The van der Waals surface area contributed by atoms with Crippen LogP contribution in [0, 0.1) is 13.8 Å². The van der Waals surface area contributed by atoms with Crippen molar-refractivity contribution in [3.63, 3.8) is 0 Å². The van der Waals surface area contributed by atoms with E-state index < -0.39 is 0 Å². The standard InChI is InChI=1S/C29H33NO3/c1-5-33-29(32)19-13-25-11-17-27(18-12-25)30(28-14-6-21(2)22(3)20-28)26-15-9-24(10-16-26)8-7-23(4)31/h6,9-12,14-18,20H,5,7-8,13,19H2,1-4H3. The zero-order chi connectivity index (χ0) is 23.8. The lowest BCUT2D eigenvalue weighted by atomic mass is 10.0. The highest BCUT2D eigenvalue weighted by molar-refractivity contribution is 5.78. The molecule has 0 atom stereocenters. The minimum absolute atomic E-state index is 0.164. The third kappa shape index (κ3) is 6.79. The van der Waals surface area contributed by atoms with Crippen molar-refractivity contribution >= 4 is 28.8 Å². The van der Waals surface area contributed by atoms with Gasteiger partial charge in [0.15, 0.2) is 0 Å². The SMILES string of the molecule is CCOC(=O)CCc1ccc(N(c2ccc(CCC(C)=O)cc2)c2ccc(C)c(C)c2)cc1. The zero-order valence-corrected chi connectivity index (χ0v) is 20.1. The van der Waals surface area contributed by atoms with Gasteiger partial charge in [0.25, 0.3) is 0 Å². The van der Waals surface area contributed by atoms with Gasteiger partial charge in [-0.05, 0) is 99.2 Å². The third-order valence-corrected chi connectivity index (χ3v) is 5.83. The first-order valence-corrected chi connectivity index (χ1v) is 11.6. The third-order valence-electron chi connectivity index (χ3n) is 5.83. The summed E-state index contributed by atoms with van der Waals surface area (Å²) in [5, 5.41) is 0. The summed E-state index contributed by atoms with van der Waals surface area (Å²) in [6, 6.07) is 23.2. The number of anilines is 3. The second-order valence-corrected chi connectivity index (χ2v) is 8.44. The number of hydrogen-bond acceptors (Lipinski definition) is 4. The summed E-state index contributed by atoms with van der Waals surface area (Å²) < 4.78 is 5.04. The Hall–Kier alpha value is -3.40. The van der Waals surface area contributed by atoms with Crippen molar-refractivity contribution in [1.29, 1.82) is 0 Å². The second kappa shape index (κ2) is 11.5. The second-order valence-electron chi connectivity index (χ2n) is 8.44. The van der Waals surface area contributed by atoms with Gasteiger partial charge >= 0.3 is 5.97 Å². The molecule has 0 aliphatic carbocycles. The molecular formula is C29H33NO3. The quantitative estimate of drug-likeness (QED) is 0.324. The molecule has 0 spiro atoms. The number of nitrogens with zero attached hydrogens (tertiary/aromatic N) is 1. The van der Waals surface area contributed by atoms with Crippen molar-refractivity contribution in [3.05, 3.63) is 89.0 Å². The number of ether oxygens (including phenoxy) is 1. The molecular weight excluding hydrogens is 410 g/mol. The lowest BCUT2D eigenvalue weighted by Crippen LogP contribution is -2.11. The van der Waals surface area contributed by atoms with Gasteiger partial charge in [-0.1, -0.05) is 30.3 Å². The van der Waals surface area contributed by atoms with Gasteiger partial charge in [0.2, 0.25) is 0 Å². The Kier molecular flexibility index (Phi) is 8.42. The van der Waals surface area contributed by atoms with Crippen molar-refractivity contribution < 1.29 is 14.3 Å². The molecule has 3 aromatic rings. The van der Waals surface area contributed by atoms with E-state index in [1.54, 1.807) is 6.92 Å². The summed E-state index contributed by atoms with van der Waals surface area (Å²) in [4.78, 5) is 25.2. The van der Waals surface area contributed by atoms with Gasteiger partial charge in [-0.15, -0.1) is 0 Å². The van der Waals surface area contributed by atoms with Crippen LogP contribution in [0.15, 0.2) is 66.7 Å². The van der Waals surface area contributed by atoms with Gasteiger partial charge in [0.05, 0.1) is 6.61 Å². The molecule has 33 heavy (non-hydrogen) atoms. The van der Waals surface area contributed by atoms with Gasteiger partial charge in [-0.2, -0.15) is 0 Å². The number of aryl methyl sites for hydroxylation is 4. The first-order chi connectivity index (χ1) is 15.9. The molecule has 0 saturated heterocycles. The summed E-state index contributed by atoms with van der Waals surface area (Å²) in [7, 11) is 0. The van der Waals surface area contributed by atoms with Crippen molar-refractivity contribution in [2.45, 2.75) is 53.4 Å². The summed E-state index contributed by atoms with van der Waals surface area (Å²) >= 11 is 0. The average Bonchev–Trinajstić information content (AvgIpc) is 2.80. The maximum atomic E-state index is 11.7. The largest absolute Gasteiger partial charge is 0.466 e. The van der Waals surface area contributed by atoms with E-state index in [9.17, 15) is 9.59 Å². The first kappa shape index (κ1) is 24.2. The molecule has 0 radical (unpaired) electrons. The number of benzene rings is 3. The normalized spacial score (nSPS) is 10.7. The molecule has 0 unspecified atom stereocenters. The van der Waals surface area contributed by atoms with E-state index in [0.29, 0.717) is 25.9 Å². The molecule has 0 aromatic heterocycles. The number of carbonyl (C=O) groups is 2. The number of rotatable bonds is 10. The van der Waals surface area contributed by atoms with E-state index >= 15 is 0 Å². The Balaban J connectivity index is 1.88. The molecule has 0 fully saturated rings. The molecule has 0 heterocycles. The fourth-order valence-corrected chi connectivity index (χ4v) is 3.74. The van der Waals surface area contributed by atoms with E-state index in [-0.39, 0.29) is 11.8 Å². The number of Topliss-reactive ketones (excluding diaryl/α,β-unsaturated/α-hetero) is 1. The van der Waals surface area contributed by atoms with Crippen LogP contribution in [0.1, 0.15) is 48.9 Å². The highest BCUT2D eigenvalue weighted by Crippen LogP contribution is 2.35. The van der Waals surface area contributed by atoms with Crippen molar-refractivity contribution in [3.8, 4) is 0 Å².